The smallest absolute Gasteiger partial charge is 0.0681 e. The largest absolute Gasteiger partial charge is 0.392 e. The molecule has 0 amide bonds. The number of hydrogen-bond acceptors (Lipinski definition) is 2. The van der Waals surface area contributed by atoms with Gasteiger partial charge in [0.15, 0.2) is 0 Å². The molecule has 82 valence electrons. The molecule has 2 N–H and O–H groups in total. The topological polar surface area (TPSA) is 32.3 Å². The number of hydrogen-bond donors (Lipinski definition) is 2. The van der Waals surface area contributed by atoms with Crippen LogP contribution in [0.2, 0.25) is 0 Å². The molecule has 1 aromatic carbocycles. The lowest BCUT2D eigenvalue weighted by atomic mass is 10.1. The highest BCUT2D eigenvalue weighted by Crippen LogP contribution is 2.14. The van der Waals surface area contributed by atoms with Crippen LogP contribution >= 0.6 is 0 Å². The normalized spacial score (nSPS) is 12.5. The van der Waals surface area contributed by atoms with E-state index in [-0.39, 0.29) is 12.6 Å². The summed E-state index contributed by atoms with van der Waals surface area (Å²) in [6.07, 6.45) is 0. The summed E-state index contributed by atoms with van der Waals surface area (Å²) in [7, 11) is 0. The van der Waals surface area contributed by atoms with E-state index in [1.54, 1.807) is 0 Å². The van der Waals surface area contributed by atoms with E-state index in [4.69, 9.17) is 5.11 Å². The first kappa shape index (κ1) is 12.0. The summed E-state index contributed by atoms with van der Waals surface area (Å²) in [5.41, 5.74) is 3.28. The van der Waals surface area contributed by atoms with E-state index in [1.165, 1.54) is 5.56 Å². The fourth-order valence-corrected chi connectivity index (χ4v) is 1.41. The van der Waals surface area contributed by atoms with Gasteiger partial charge in [-0.2, -0.15) is 0 Å². The van der Waals surface area contributed by atoms with Crippen LogP contribution in [-0.4, -0.2) is 11.7 Å². The maximum Gasteiger partial charge on any atom is 0.0681 e. The highest BCUT2D eigenvalue weighted by atomic mass is 16.3. The predicted molar refractivity (Wildman–Crippen MR) is 63.6 cm³/mol. The second kappa shape index (κ2) is 5.69. The van der Waals surface area contributed by atoms with Gasteiger partial charge in [0.2, 0.25) is 0 Å². The lowest BCUT2D eigenvalue weighted by molar-refractivity contribution is 0.281. The van der Waals surface area contributed by atoms with E-state index in [1.807, 2.05) is 25.1 Å². The summed E-state index contributed by atoms with van der Waals surface area (Å²) < 4.78 is 0. The Kier molecular flexibility index (Phi) is 4.53. The number of nitrogens with one attached hydrogen (secondary N) is 1. The summed E-state index contributed by atoms with van der Waals surface area (Å²) >= 11 is 0. The minimum atomic E-state index is 0.0983. The third-order valence-corrected chi connectivity index (χ3v) is 2.34. The molecule has 0 saturated carbocycles. The van der Waals surface area contributed by atoms with Crippen LogP contribution in [-0.2, 0) is 6.61 Å². The molecule has 1 rings (SSSR count). The van der Waals surface area contributed by atoms with Crippen molar-refractivity contribution in [3.8, 4) is 0 Å². The minimum absolute atomic E-state index is 0.0983. The fraction of sp³-hybridized carbons (Fsp3) is 0.385. The molecule has 1 aromatic rings. The Bertz CT molecular complexity index is 333. The van der Waals surface area contributed by atoms with Crippen LogP contribution in [0.15, 0.2) is 36.4 Å². The fourth-order valence-electron chi connectivity index (χ4n) is 1.41. The molecule has 0 spiro atoms. The maximum absolute atomic E-state index is 9.03. The van der Waals surface area contributed by atoms with Gasteiger partial charge in [-0.15, -0.1) is 0 Å². The van der Waals surface area contributed by atoms with Gasteiger partial charge in [0.05, 0.1) is 6.61 Å². The quantitative estimate of drug-likeness (QED) is 0.723. The minimum Gasteiger partial charge on any atom is -0.392 e. The van der Waals surface area contributed by atoms with Gasteiger partial charge in [-0.05, 0) is 25.0 Å². The van der Waals surface area contributed by atoms with Gasteiger partial charge in [-0.3, -0.25) is 0 Å². The van der Waals surface area contributed by atoms with Gasteiger partial charge < -0.3 is 10.4 Å². The molecule has 0 unspecified atom stereocenters. The van der Waals surface area contributed by atoms with Gasteiger partial charge in [0.25, 0.3) is 0 Å². The highest BCUT2D eigenvalue weighted by Gasteiger charge is 2.04. The van der Waals surface area contributed by atoms with Gasteiger partial charge in [-0.1, -0.05) is 36.4 Å². The van der Waals surface area contributed by atoms with Gasteiger partial charge in [0, 0.05) is 12.6 Å². The van der Waals surface area contributed by atoms with Crippen molar-refractivity contribution >= 4 is 0 Å². The molecular formula is C13H19NO. The van der Waals surface area contributed by atoms with Crippen molar-refractivity contribution in [2.45, 2.75) is 26.5 Å². The Hall–Kier alpha value is -1.12. The summed E-state index contributed by atoms with van der Waals surface area (Å²) in [6, 6.07) is 8.27. The van der Waals surface area contributed by atoms with Crippen LogP contribution in [0.1, 0.15) is 31.0 Å². The Labute approximate surface area is 91.6 Å². The SMILES string of the molecule is C=C(C)CN[C@H](C)c1cccc(CO)c1. The van der Waals surface area contributed by atoms with E-state index < -0.39 is 0 Å². The highest BCUT2D eigenvalue weighted by molar-refractivity contribution is 5.25. The molecule has 0 aliphatic carbocycles. The zero-order valence-corrected chi connectivity index (χ0v) is 9.46. The molecule has 2 heteroatoms. The third-order valence-electron chi connectivity index (χ3n) is 2.34. The molecule has 0 bridgehead atoms. The summed E-state index contributed by atoms with van der Waals surface area (Å²) in [5.74, 6) is 0. The molecule has 0 heterocycles. The lowest BCUT2D eigenvalue weighted by Crippen LogP contribution is -2.20. The van der Waals surface area contributed by atoms with Crippen molar-refractivity contribution in [2.75, 3.05) is 6.54 Å². The van der Waals surface area contributed by atoms with Crippen molar-refractivity contribution in [3.05, 3.63) is 47.5 Å². The number of aliphatic hydroxyl groups is 1. The van der Waals surface area contributed by atoms with Crippen LogP contribution in [0.25, 0.3) is 0 Å². The van der Waals surface area contributed by atoms with E-state index in [0.717, 1.165) is 17.7 Å². The first-order valence-corrected chi connectivity index (χ1v) is 5.21. The zero-order valence-electron chi connectivity index (χ0n) is 9.46. The van der Waals surface area contributed by atoms with E-state index in [2.05, 4.69) is 24.9 Å². The molecule has 0 aliphatic rings. The van der Waals surface area contributed by atoms with Crippen LogP contribution < -0.4 is 5.32 Å². The number of aliphatic hydroxyl groups excluding tert-OH is 1. The Morgan fingerprint density at radius 2 is 2.27 bits per heavy atom. The van der Waals surface area contributed by atoms with Crippen molar-refractivity contribution in [1.82, 2.24) is 5.32 Å². The molecule has 0 aromatic heterocycles. The van der Waals surface area contributed by atoms with Crippen molar-refractivity contribution < 1.29 is 5.11 Å². The van der Waals surface area contributed by atoms with Gasteiger partial charge in [-0.25, -0.2) is 0 Å². The number of rotatable bonds is 5. The molecule has 0 aliphatic heterocycles. The monoisotopic (exact) mass is 205 g/mol. The zero-order chi connectivity index (χ0) is 11.3. The average molecular weight is 205 g/mol. The lowest BCUT2D eigenvalue weighted by Gasteiger charge is -2.14. The van der Waals surface area contributed by atoms with Crippen LogP contribution in [0.3, 0.4) is 0 Å². The molecule has 15 heavy (non-hydrogen) atoms. The van der Waals surface area contributed by atoms with Crippen molar-refractivity contribution in [1.29, 1.82) is 0 Å². The molecule has 0 fully saturated rings. The first-order chi connectivity index (χ1) is 7.13. The van der Waals surface area contributed by atoms with E-state index >= 15 is 0 Å². The van der Waals surface area contributed by atoms with Crippen LogP contribution in [0.5, 0.6) is 0 Å². The Morgan fingerprint density at radius 3 is 2.87 bits per heavy atom. The summed E-state index contributed by atoms with van der Waals surface area (Å²) in [5, 5.41) is 12.4. The standard InChI is InChI=1S/C13H19NO/c1-10(2)8-14-11(3)13-6-4-5-12(7-13)9-15/h4-7,11,14-15H,1,8-9H2,2-3H3/t11-/m1/s1. The van der Waals surface area contributed by atoms with Crippen molar-refractivity contribution in [2.24, 2.45) is 0 Å². The van der Waals surface area contributed by atoms with Crippen LogP contribution in [0.4, 0.5) is 0 Å². The molecule has 0 saturated heterocycles. The van der Waals surface area contributed by atoms with Crippen molar-refractivity contribution in [3.63, 3.8) is 0 Å². The van der Waals surface area contributed by atoms with E-state index in [0.29, 0.717) is 0 Å². The van der Waals surface area contributed by atoms with Crippen LogP contribution in [0, 0.1) is 0 Å². The summed E-state index contributed by atoms with van der Waals surface area (Å²) in [4.78, 5) is 0. The molecule has 0 radical (unpaired) electrons. The number of benzene rings is 1. The second-order valence-corrected chi connectivity index (χ2v) is 3.96. The molecule has 1 atom stereocenters. The average Bonchev–Trinajstić information content (AvgIpc) is 2.26. The predicted octanol–water partition coefficient (Wildman–Crippen LogP) is 2.41. The first-order valence-electron chi connectivity index (χ1n) is 5.21. The second-order valence-electron chi connectivity index (χ2n) is 3.96. The summed E-state index contributed by atoms with van der Waals surface area (Å²) in [6.45, 7) is 8.89. The third kappa shape index (κ3) is 3.86. The maximum atomic E-state index is 9.03. The molecular weight excluding hydrogens is 186 g/mol. The van der Waals surface area contributed by atoms with E-state index in [9.17, 15) is 0 Å². The molecule has 2 nitrogen and oxygen atoms in total. The Morgan fingerprint density at radius 1 is 1.53 bits per heavy atom. The Balaban J connectivity index is 2.64. The van der Waals surface area contributed by atoms with Gasteiger partial charge >= 0.3 is 0 Å². The van der Waals surface area contributed by atoms with Gasteiger partial charge in [0.1, 0.15) is 0 Å².